The van der Waals surface area contributed by atoms with E-state index in [0.717, 1.165) is 16.3 Å². The van der Waals surface area contributed by atoms with Gasteiger partial charge in [-0.1, -0.05) is 42.5 Å². The van der Waals surface area contributed by atoms with Gasteiger partial charge in [-0.25, -0.2) is 15.1 Å². The molecule has 2 rings (SSSR count). The van der Waals surface area contributed by atoms with Crippen LogP contribution < -0.4 is 21.4 Å². The summed E-state index contributed by atoms with van der Waals surface area (Å²) in [6, 6.07) is 11.8. The number of fused-ring (bicyclic) bond motifs is 1. The second kappa shape index (κ2) is 20.3. The van der Waals surface area contributed by atoms with Crippen molar-refractivity contribution in [1.29, 1.82) is 0 Å². The number of amides is 5. The molecule has 0 aliphatic rings. The van der Waals surface area contributed by atoms with Crippen LogP contribution in [0.25, 0.3) is 10.8 Å². The third kappa shape index (κ3) is 14.2. The number of rotatable bonds is 19. The Morgan fingerprint density at radius 3 is 2.23 bits per heavy atom. The molecule has 0 spiro atoms. The van der Waals surface area contributed by atoms with Crippen LogP contribution in [0.15, 0.2) is 42.5 Å². The quantitative estimate of drug-likeness (QED) is 0.0983. The van der Waals surface area contributed by atoms with E-state index in [4.69, 9.17) is 19.0 Å². The molecule has 0 aliphatic heterocycles. The van der Waals surface area contributed by atoms with Gasteiger partial charge in [0.05, 0.1) is 6.04 Å². The Kier molecular flexibility index (Phi) is 17.0. The van der Waals surface area contributed by atoms with E-state index in [-0.39, 0.29) is 18.9 Å². The van der Waals surface area contributed by atoms with Gasteiger partial charge in [-0.3, -0.25) is 14.4 Å². The summed E-state index contributed by atoms with van der Waals surface area (Å²) in [6.45, 7) is 13.9. The first kappa shape index (κ1) is 39.2. The van der Waals surface area contributed by atoms with Gasteiger partial charge in [0.25, 0.3) is 0 Å². The Morgan fingerprint density at radius 2 is 1.57 bits per heavy atom. The van der Waals surface area contributed by atoms with Gasteiger partial charge in [0.2, 0.25) is 11.8 Å². The number of alkyl carbamates (subject to hydrolysis) is 1. The maximum absolute atomic E-state index is 14.5. The number of hydrogen-bond acceptors (Lipinski definition) is 8. The van der Waals surface area contributed by atoms with Crippen LogP contribution >= 0.6 is 0 Å². The minimum absolute atomic E-state index is 0.236. The van der Waals surface area contributed by atoms with Crippen molar-refractivity contribution in [3.05, 3.63) is 48.0 Å². The third-order valence-corrected chi connectivity index (χ3v) is 6.98. The van der Waals surface area contributed by atoms with Crippen molar-refractivity contribution >= 4 is 34.7 Å². The number of carbonyl (C=O) groups is 4. The van der Waals surface area contributed by atoms with Gasteiger partial charge in [0.15, 0.2) is 12.9 Å². The normalized spacial score (nSPS) is 12.7. The predicted octanol–water partition coefficient (Wildman–Crippen LogP) is 4.39. The Bertz CT molecular complexity index is 1270. The lowest BCUT2D eigenvalue weighted by atomic mass is 10.0. The number of unbranched alkanes of at least 4 members (excludes halogenated alkanes) is 1. The highest BCUT2D eigenvalue weighted by molar-refractivity contribution is 5.89. The van der Waals surface area contributed by atoms with Crippen molar-refractivity contribution in [3.63, 3.8) is 0 Å². The van der Waals surface area contributed by atoms with Crippen molar-refractivity contribution in [1.82, 2.24) is 26.3 Å². The van der Waals surface area contributed by atoms with Crippen LogP contribution in [0, 0.1) is 0 Å². The van der Waals surface area contributed by atoms with Gasteiger partial charge in [0.1, 0.15) is 11.6 Å². The molecule has 2 aromatic rings. The molecule has 2 aromatic carbocycles. The summed E-state index contributed by atoms with van der Waals surface area (Å²) >= 11 is 0. The lowest BCUT2D eigenvalue weighted by Crippen LogP contribution is -2.55. The summed E-state index contributed by atoms with van der Waals surface area (Å²) in [6.07, 6.45) is 0.0809. The zero-order valence-corrected chi connectivity index (χ0v) is 28.9. The highest BCUT2D eigenvalue weighted by Crippen LogP contribution is 2.23. The van der Waals surface area contributed by atoms with E-state index in [2.05, 4.69) is 21.4 Å². The number of nitrogens with one attached hydrogen (secondary N) is 4. The first-order valence-corrected chi connectivity index (χ1v) is 16.3. The second-order valence-electron chi connectivity index (χ2n) is 11.9. The number of urea groups is 1. The number of ether oxygens (including phenoxy) is 3. The maximum Gasteiger partial charge on any atom is 0.407 e. The van der Waals surface area contributed by atoms with Crippen molar-refractivity contribution in [3.8, 4) is 0 Å². The Morgan fingerprint density at radius 1 is 0.894 bits per heavy atom. The molecule has 0 aromatic heterocycles. The average Bonchev–Trinajstić information content (AvgIpc) is 3.01. The van der Waals surface area contributed by atoms with E-state index in [0.29, 0.717) is 39.1 Å². The van der Waals surface area contributed by atoms with Gasteiger partial charge in [-0.15, -0.1) is 0 Å². The number of benzene rings is 2. The molecular formula is C34H53N5O8. The minimum atomic E-state index is -0.946. The van der Waals surface area contributed by atoms with Crippen LogP contribution in [0.4, 0.5) is 9.59 Å². The number of hydroxylamine groups is 1. The predicted molar refractivity (Wildman–Crippen MR) is 179 cm³/mol. The average molecular weight is 660 g/mol. The topological polar surface area (TPSA) is 157 Å². The van der Waals surface area contributed by atoms with Crippen molar-refractivity contribution in [2.75, 3.05) is 32.9 Å². The zero-order valence-electron chi connectivity index (χ0n) is 28.9. The second-order valence-corrected chi connectivity index (χ2v) is 11.9. The summed E-state index contributed by atoms with van der Waals surface area (Å²) in [7, 11) is 0. The van der Waals surface area contributed by atoms with Crippen LogP contribution in [-0.2, 0) is 35.2 Å². The molecule has 13 nitrogen and oxygen atoms in total. The highest BCUT2D eigenvalue weighted by Gasteiger charge is 2.34. The molecule has 2 atom stereocenters. The van der Waals surface area contributed by atoms with Crippen LogP contribution in [0.1, 0.15) is 73.3 Å². The fourth-order valence-electron chi connectivity index (χ4n) is 4.87. The lowest BCUT2D eigenvalue weighted by molar-refractivity contribution is -0.180. The monoisotopic (exact) mass is 659 g/mol. The molecule has 0 heterocycles. The van der Waals surface area contributed by atoms with Gasteiger partial charge in [-0.05, 0) is 84.1 Å². The standard InChI is InChI=1S/C34H53N5O8/c1-8-35-32(42)38-46-23-29(40)37-28(20-13-14-21-36-33(43)47-34(5,6)7)30(41)39(24(4)31(44-9-2)45-10-3)22-26-18-15-17-25-16-11-12-19-27(25)26/h11-12,15-19,24,28,31H,8-10,13-14,20-23H2,1-7H3,(H,36,43)(H,37,40)(H2,35,38,42)/t24-,28-/m0/s1. The summed E-state index contributed by atoms with van der Waals surface area (Å²) in [4.78, 5) is 57.9. The molecular weight excluding hydrogens is 606 g/mol. The summed E-state index contributed by atoms with van der Waals surface area (Å²) in [5.41, 5.74) is 2.45. The summed E-state index contributed by atoms with van der Waals surface area (Å²) in [5, 5.41) is 10.1. The lowest BCUT2D eigenvalue weighted by Gasteiger charge is -2.37. The molecule has 0 radical (unpaired) electrons. The molecule has 47 heavy (non-hydrogen) atoms. The Hall–Kier alpha value is -3.94. The molecule has 0 unspecified atom stereocenters. The number of carbonyl (C=O) groups excluding carboxylic acids is 4. The number of hydrogen-bond donors (Lipinski definition) is 4. The van der Waals surface area contributed by atoms with Crippen molar-refractivity contribution in [2.24, 2.45) is 0 Å². The molecule has 0 fully saturated rings. The molecule has 262 valence electrons. The van der Waals surface area contributed by atoms with Gasteiger partial charge in [0, 0.05) is 32.8 Å². The largest absolute Gasteiger partial charge is 0.444 e. The van der Waals surface area contributed by atoms with E-state index in [1.165, 1.54) is 0 Å². The van der Waals surface area contributed by atoms with Crippen LogP contribution in [0.2, 0.25) is 0 Å². The van der Waals surface area contributed by atoms with Crippen molar-refractivity contribution in [2.45, 2.75) is 98.2 Å². The molecule has 0 aliphatic carbocycles. The Balaban J connectivity index is 2.31. The molecule has 13 heteroatoms. The molecule has 5 amide bonds. The van der Waals surface area contributed by atoms with E-state index in [9.17, 15) is 19.2 Å². The van der Waals surface area contributed by atoms with Gasteiger partial charge < -0.3 is 35.1 Å². The van der Waals surface area contributed by atoms with Gasteiger partial charge >= 0.3 is 12.1 Å². The highest BCUT2D eigenvalue weighted by atomic mass is 16.7. The molecule has 4 N–H and O–H groups in total. The SMILES string of the molecule is CCNC(=O)NOCC(=O)N[C@@H](CCCCNC(=O)OC(C)(C)C)C(=O)N(Cc1cccc2ccccc12)[C@@H](C)C(OCC)OCC. The molecule has 0 saturated heterocycles. The minimum Gasteiger partial charge on any atom is -0.444 e. The molecule has 0 saturated carbocycles. The fourth-order valence-corrected chi connectivity index (χ4v) is 4.87. The zero-order chi connectivity index (χ0) is 34.8. The van der Waals surface area contributed by atoms with Crippen LogP contribution in [0.3, 0.4) is 0 Å². The van der Waals surface area contributed by atoms with E-state index < -0.39 is 48.6 Å². The first-order chi connectivity index (χ1) is 22.4. The maximum atomic E-state index is 14.5. The third-order valence-electron chi connectivity index (χ3n) is 6.98. The molecule has 0 bridgehead atoms. The van der Waals surface area contributed by atoms with E-state index in [1.54, 1.807) is 32.6 Å². The summed E-state index contributed by atoms with van der Waals surface area (Å²) in [5.74, 6) is -0.920. The van der Waals surface area contributed by atoms with E-state index >= 15 is 0 Å². The summed E-state index contributed by atoms with van der Waals surface area (Å²) < 4.78 is 17.1. The van der Waals surface area contributed by atoms with Crippen LogP contribution in [0.5, 0.6) is 0 Å². The van der Waals surface area contributed by atoms with Crippen molar-refractivity contribution < 1.29 is 38.2 Å². The van der Waals surface area contributed by atoms with Gasteiger partial charge in [-0.2, -0.15) is 0 Å². The fraction of sp³-hybridized carbons (Fsp3) is 0.588. The Labute approximate surface area is 278 Å². The first-order valence-electron chi connectivity index (χ1n) is 16.3. The van der Waals surface area contributed by atoms with Crippen LogP contribution in [-0.4, -0.2) is 85.7 Å². The smallest absolute Gasteiger partial charge is 0.407 e. The number of nitrogens with zero attached hydrogens (tertiary/aromatic N) is 1. The van der Waals surface area contributed by atoms with E-state index in [1.807, 2.05) is 63.2 Å².